The zero-order valence-corrected chi connectivity index (χ0v) is 20.6. The molecule has 4 N–H and O–H groups in total. The van der Waals surface area contributed by atoms with Crippen molar-refractivity contribution in [2.45, 2.75) is 58.2 Å². The van der Waals surface area contributed by atoms with Crippen LogP contribution in [0, 0.1) is 0 Å². The van der Waals surface area contributed by atoms with E-state index in [1.165, 1.54) is 7.11 Å². The number of amides is 2. The maximum absolute atomic E-state index is 12.7. The van der Waals surface area contributed by atoms with E-state index in [1.807, 2.05) is 0 Å². The highest BCUT2D eigenvalue weighted by atomic mass is 16.6. The maximum Gasteiger partial charge on any atom is 0.408 e. The predicted octanol–water partition coefficient (Wildman–Crippen LogP) is 3.30. The Balaban J connectivity index is 1.92. The summed E-state index contributed by atoms with van der Waals surface area (Å²) in [5, 5.41) is 5.46. The summed E-state index contributed by atoms with van der Waals surface area (Å²) in [6.07, 6.45) is 2.83. The van der Waals surface area contributed by atoms with Gasteiger partial charge in [0.25, 0.3) is 0 Å². The molecule has 0 saturated heterocycles. The first kappa shape index (κ1) is 27.6. The highest BCUT2D eigenvalue weighted by Crippen LogP contribution is 2.20. The molecule has 0 bridgehead atoms. The zero-order chi connectivity index (χ0) is 25.8. The van der Waals surface area contributed by atoms with E-state index in [9.17, 15) is 14.4 Å². The lowest BCUT2D eigenvalue weighted by Gasteiger charge is -2.23. The summed E-state index contributed by atoms with van der Waals surface area (Å²) < 4.78 is 15.6. The fourth-order valence-electron chi connectivity index (χ4n) is 3.00. The molecule has 10 heteroatoms. The molecule has 1 heterocycles. The van der Waals surface area contributed by atoms with Crippen molar-refractivity contribution >= 4 is 18.0 Å². The number of benzene rings is 1. The number of unbranched alkanes of at least 4 members (excludes halogenated alkanes) is 1. The van der Waals surface area contributed by atoms with Crippen LogP contribution in [0.4, 0.5) is 4.79 Å². The van der Waals surface area contributed by atoms with Gasteiger partial charge in [-0.1, -0.05) is 6.07 Å². The van der Waals surface area contributed by atoms with Crippen LogP contribution in [0.25, 0.3) is 0 Å². The van der Waals surface area contributed by atoms with Gasteiger partial charge < -0.3 is 30.6 Å². The quantitative estimate of drug-likeness (QED) is 0.324. The second-order valence-electron chi connectivity index (χ2n) is 8.82. The largest absolute Gasteiger partial charge is 0.465 e. The summed E-state index contributed by atoms with van der Waals surface area (Å²) in [7, 11) is 1.32. The van der Waals surface area contributed by atoms with Crippen LogP contribution in [0.1, 0.15) is 56.0 Å². The van der Waals surface area contributed by atoms with Crippen molar-refractivity contribution in [3.05, 3.63) is 53.7 Å². The number of nitrogens with two attached hydrogens (primary N) is 1. The number of ether oxygens (including phenoxy) is 3. The van der Waals surface area contributed by atoms with Crippen molar-refractivity contribution in [2.24, 2.45) is 5.73 Å². The minimum Gasteiger partial charge on any atom is -0.465 e. The van der Waals surface area contributed by atoms with Gasteiger partial charge in [0.05, 0.1) is 12.7 Å². The lowest BCUT2D eigenvalue weighted by Crippen LogP contribution is -2.48. The third-order valence-corrected chi connectivity index (χ3v) is 4.72. The number of hydrogen-bond donors (Lipinski definition) is 3. The summed E-state index contributed by atoms with van der Waals surface area (Å²) in [5.41, 5.74) is 6.05. The van der Waals surface area contributed by atoms with Crippen LogP contribution in [0.15, 0.2) is 42.6 Å². The van der Waals surface area contributed by atoms with Crippen LogP contribution < -0.4 is 21.1 Å². The van der Waals surface area contributed by atoms with Gasteiger partial charge in [-0.25, -0.2) is 14.6 Å². The summed E-state index contributed by atoms with van der Waals surface area (Å²) >= 11 is 0. The first-order valence-corrected chi connectivity index (χ1v) is 11.4. The number of carbonyl (C=O) groups excluding carboxylic acids is 3. The molecular formula is C25H34N4O6. The average molecular weight is 487 g/mol. The van der Waals surface area contributed by atoms with E-state index < -0.39 is 23.7 Å². The molecule has 0 aliphatic rings. The number of rotatable bonds is 11. The molecule has 2 aromatic rings. The standard InChI is InChI=1S/C25H34N4O6/c1-25(2,3)35-24(32)29-20(7-5-6-14-26)22(30)28-16-17-8-13-21(27-15-17)34-19-11-9-18(10-12-19)23(31)33-4/h8-13,15,20H,5-7,14,16,26H2,1-4H3,(H,28,30)(H,29,32)/t20-/m0/s1. The van der Waals surface area contributed by atoms with Gasteiger partial charge in [0.1, 0.15) is 17.4 Å². The number of esters is 1. The zero-order valence-electron chi connectivity index (χ0n) is 20.6. The number of aromatic nitrogens is 1. The lowest BCUT2D eigenvalue weighted by molar-refractivity contribution is -0.123. The van der Waals surface area contributed by atoms with Gasteiger partial charge in [0.2, 0.25) is 11.8 Å². The first-order valence-electron chi connectivity index (χ1n) is 11.4. The van der Waals surface area contributed by atoms with Crippen LogP contribution in [0.2, 0.25) is 0 Å². The van der Waals surface area contributed by atoms with E-state index in [4.69, 9.17) is 15.2 Å². The molecular weight excluding hydrogens is 452 g/mol. The fraction of sp³-hybridized carbons (Fsp3) is 0.440. The van der Waals surface area contributed by atoms with E-state index in [1.54, 1.807) is 63.4 Å². The normalized spacial score (nSPS) is 11.8. The summed E-state index contributed by atoms with van der Waals surface area (Å²) in [6.45, 7) is 6.01. The maximum atomic E-state index is 12.7. The highest BCUT2D eigenvalue weighted by Gasteiger charge is 2.24. The molecule has 1 aromatic heterocycles. The Morgan fingerprint density at radius 2 is 1.77 bits per heavy atom. The third-order valence-electron chi connectivity index (χ3n) is 4.72. The molecule has 0 fully saturated rings. The Morgan fingerprint density at radius 1 is 1.06 bits per heavy atom. The van der Waals surface area contributed by atoms with Crippen LogP contribution in [0.3, 0.4) is 0 Å². The molecule has 1 aromatic carbocycles. The second-order valence-corrected chi connectivity index (χ2v) is 8.82. The van der Waals surface area contributed by atoms with Crippen molar-refractivity contribution in [3.8, 4) is 11.6 Å². The Labute approximate surface area is 205 Å². The SMILES string of the molecule is COC(=O)c1ccc(Oc2ccc(CNC(=O)[C@H](CCCCN)NC(=O)OC(C)(C)C)cn2)cc1. The van der Waals surface area contributed by atoms with Gasteiger partial charge in [-0.05, 0) is 76.4 Å². The second kappa shape index (κ2) is 13.3. The average Bonchev–Trinajstić information content (AvgIpc) is 2.81. The number of methoxy groups -OCH3 is 1. The molecule has 190 valence electrons. The molecule has 35 heavy (non-hydrogen) atoms. The molecule has 0 aliphatic heterocycles. The summed E-state index contributed by atoms with van der Waals surface area (Å²) in [4.78, 5) is 40.6. The van der Waals surface area contributed by atoms with Gasteiger partial charge in [0, 0.05) is 18.8 Å². The molecule has 0 unspecified atom stereocenters. The molecule has 0 saturated carbocycles. The lowest BCUT2D eigenvalue weighted by atomic mass is 10.1. The van der Waals surface area contributed by atoms with Crippen LogP contribution >= 0.6 is 0 Å². The minimum absolute atomic E-state index is 0.226. The van der Waals surface area contributed by atoms with Crippen molar-refractivity contribution in [3.63, 3.8) is 0 Å². The van der Waals surface area contributed by atoms with E-state index in [2.05, 4.69) is 20.4 Å². The Kier molecular flexibility index (Phi) is 10.5. The van der Waals surface area contributed by atoms with Crippen molar-refractivity contribution in [2.75, 3.05) is 13.7 Å². The number of hydrogen-bond acceptors (Lipinski definition) is 8. The number of carbonyl (C=O) groups is 3. The first-order chi connectivity index (χ1) is 16.6. The summed E-state index contributed by atoms with van der Waals surface area (Å²) in [5.74, 6) is 0.125. The van der Waals surface area contributed by atoms with E-state index in [-0.39, 0.29) is 12.5 Å². The highest BCUT2D eigenvalue weighted by molar-refractivity contribution is 5.89. The Hall–Kier alpha value is -3.66. The van der Waals surface area contributed by atoms with Crippen LogP contribution in [0.5, 0.6) is 11.6 Å². The van der Waals surface area contributed by atoms with Crippen molar-refractivity contribution < 1.29 is 28.6 Å². The van der Waals surface area contributed by atoms with Crippen LogP contribution in [-0.2, 0) is 20.8 Å². The van der Waals surface area contributed by atoms with E-state index in [0.717, 1.165) is 12.0 Å². The van der Waals surface area contributed by atoms with Gasteiger partial charge in [-0.3, -0.25) is 4.79 Å². The van der Waals surface area contributed by atoms with Gasteiger partial charge >= 0.3 is 12.1 Å². The fourth-order valence-corrected chi connectivity index (χ4v) is 3.00. The number of pyridine rings is 1. The van der Waals surface area contributed by atoms with E-state index in [0.29, 0.717) is 36.6 Å². The molecule has 0 radical (unpaired) electrons. The van der Waals surface area contributed by atoms with Crippen molar-refractivity contribution in [1.82, 2.24) is 15.6 Å². The molecule has 2 rings (SSSR count). The molecule has 10 nitrogen and oxygen atoms in total. The smallest absolute Gasteiger partial charge is 0.408 e. The van der Waals surface area contributed by atoms with Crippen molar-refractivity contribution in [1.29, 1.82) is 0 Å². The summed E-state index contributed by atoms with van der Waals surface area (Å²) in [6, 6.07) is 9.19. The molecule has 1 atom stereocenters. The predicted molar refractivity (Wildman–Crippen MR) is 130 cm³/mol. The topological polar surface area (TPSA) is 142 Å². The van der Waals surface area contributed by atoms with Gasteiger partial charge in [-0.15, -0.1) is 0 Å². The molecule has 2 amide bonds. The monoisotopic (exact) mass is 486 g/mol. The minimum atomic E-state index is -0.736. The number of alkyl carbamates (subject to hydrolysis) is 1. The molecule has 0 spiro atoms. The third kappa shape index (κ3) is 10.0. The van der Waals surface area contributed by atoms with E-state index >= 15 is 0 Å². The Morgan fingerprint density at radius 3 is 2.34 bits per heavy atom. The molecule has 0 aliphatic carbocycles. The van der Waals surface area contributed by atoms with Crippen LogP contribution in [-0.4, -0.2) is 48.3 Å². The van der Waals surface area contributed by atoms with Gasteiger partial charge in [0.15, 0.2) is 0 Å². The van der Waals surface area contributed by atoms with Gasteiger partial charge in [-0.2, -0.15) is 0 Å². The Bertz CT molecular complexity index is 971. The number of nitrogens with one attached hydrogen (secondary N) is 2. The number of nitrogens with zero attached hydrogens (tertiary/aromatic N) is 1.